The van der Waals surface area contributed by atoms with E-state index in [0.717, 1.165) is 11.3 Å². The average molecular weight is 492 g/mol. The third-order valence-corrected chi connectivity index (χ3v) is 5.82. The van der Waals surface area contributed by atoms with Gasteiger partial charge in [-0.2, -0.15) is 0 Å². The minimum Gasteiger partial charge on any atom is -0.497 e. The van der Waals surface area contributed by atoms with Gasteiger partial charge in [0.05, 0.1) is 23.7 Å². The number of rotatable bonds is 5. The molecule has 0 aliphatic carbocycles. The first-order valence-electron chi connectivity index (χ1n) is 11.5. The lowest BCUT2D eigenvalue weighted by molar-refractivity contribution is 0.0735. The van der Waals surface area contributed by atoms with E-state index in [4.69, 9.17) is 28.4 Å². The van der Waals surface area contributed by atoms with Gasteiger partial charge in [0, 0.05) is 35.5 Å². The molecule has 0 saturated heterocycles. The van der Waals surface area contributed by atoms with Crippen LogP contribution in [0.2, 0.25) is 0 Å². The molecule has 0 unspecified atom stereocenters. The molecule has 3 heterocycles. The van der Waals surface area contributed by atoms with Crippen LogP contribution in [0, 0.1) is 0 Å². The van der Waals surface area contributed by atoms with Crippen molar-refractivity contribution in [3.63, 3.8) is 0 Å². The molecule has 182 valence electrons. The van der Waals surface area contributed by atoms with Gasteiger partial charge in [0.1, 0.15) is 22.8 Å². The van der Waals surface area contributed by atoms with E-state index in [1.807, 2.05) is 48.5 Å². The van der Waals surface area contributed by atoms with Crippen LogP contribution in [-0.4, -0.2) is 24.9 Å². The second-order valence-electron chi connectivity index (χ2n) is 8.16. The van der Waals surface area contributed by atoms with Crippen LogP contribution in [0.4, 0.5) is 5.69 Å². The third kappa shape index (κ3) is 4.60. The molecule has 3 aromatic carbocycles. The Hall–Kier alpha value is -5.11. The number of carbonyl (C=O) groups is 1. The summed E-state index contributed by atoms with van der Waals surface area (Å²) in [5.41, 5.74) is 2.52. The number of nitrogens with zero attached hydrogens (tertiary/aromatic N) is 2. The molecule has 2 aromatic heterocycles. The number of pyridine rings is 1. The number of ether oxygens (including phenoxy) is 4. The van der Waals surface area contributed by atoms with Gasteiger partial charge >= 0.3 is 5.97 Å². The van der Waals surface area contributed by atoms with Crippen molar-refractivity contribution < 1.29 is 28.2 Å². The van der Waals surface area contributed by atoms with Gasteiger partial charge in [-0.25, -0.2) is 9.79 Å². The minimum absolute atomic E-state index is 0.180. The van der Waals surface area contributed by atoms with Crippen molar-refractivity contribution in [3.05, 3.63) is 102 Å². The molecule has 37 heavy (non-hydrogen) atoms. The second kappa shape index (κ2) is 9.50. The van der Waals surface area contributed by atoms with Crippen LogP contribution in [0.3, 0.4) is 0 Å². The first-order valence-corrected chi connectivity index (χ1v) is 11.5. The van der Waals surface area contributed by atoms with Gasteiger partial charge in [-0.05, 0) is 66.7 Å². The molecule has 0 fully saturated rings. The number of methoxy groups -OCH3 is 1. The summed E-state index contributed by atoms with van der Waals surface area (Å²) in [6.07, 6.45) is 3.08. The summed E-state index contributed by atoms with van der Waals surface area (Å²) in [7, 11) is 1.62. The maximum Gasteiger partial charge on any atom is 0.343 e. The van der Waals surface area contributed by atoms with Crippen molar-refractivity contribution in [2.24, 2.45) is 4.99 Å². The molecule has 0 saturated carbocycles. The maximum atomic E-state index is 12.6. The summed E-state index contributed by atoms with van der Waals surface area (Å²) >= 11 is 0. The van der Waals surface area contributed by atoms with Gasteiger partial charge in [-0.3, -0.25) is 4.98 Å². The van der Waals surface area contributed by atoms with Gasteiger partial charge in [0.15, 0.2) is 11.5 Å². The fourth-order valence-corrected chi connectivity index (χ4v) is 3.95. The lowest BCUT2D eigenvalue weighted by Crippen LogP contribution is -2.09. The van der Waals surface area contributed by atoms with E-state index < -0.39 is 5.97 Å². The summed E-state index contributed by atoms with van der Waals surface area (Å²) in [4.78, 5) is 21.4. The van der Waals surface area contributed by atoms with Gasteiger partial charge in [-0.15, -0.1) is 0 Å². The Morgan fingerprint density at radius 2 is 1.65 bits per heavy atom. The molecule has 8 nitrogen and oxygen atoms in total. The second-order valence-corrected chi connectivity index (χ2v) is 8.16. The molecule has 0 radical (unpaired) electrons. The highest BCUT2D eigenvalue weighted by Gasteiger charge is 2.14. The monoisotopic (exact) mass is 492 g/mol. The zero-order valence-corrected chi connectivity index (χ0v) is 19.7. The van der Waals surface area contributed by atoms with E-state index in [0.29, 0.717) is 50.6 Å². The first-order chi connectivity index (χ1) is 18.2. The Bertz CT molecular complexity index is 1680. The Morgan fingerprint density at radius 3 is 2.46 bits per heavy atom. The average Bonchev–Trinajstić information content (AvgIpc) is 3.42. The van der Waals surface area contributed by atoms with Crippen molar-refractivity contribution in [2.75, 3.05) is 13.9 Å². The number of hydrogen-bond donors (Lipinski definition) is 0. The molecular formula is C29H20N2O6. The van der Waals surface area contributed by atoms with Crippen LogP contribution in [0.15, 0.2) is 101 Å². The summed E-state index contributed by atoms with van der Waals surface area (Å²) < 4.78 is 28.0. The SMILES string of the molecule is COc1ccc(-c2cc(=Nc3ccc4c(c3)OCO4)c3cc(OC(=O)c4ccncc4)ccc3o2)cc1. The number of hydrogen-bond acceptors (Lipinski definition) is 8. The summed E-state index contributed by atoms with van der Waals surface area (Å²) in [5, 5.41) is 1.31. The van der Waals surface area contributed by atoms with E-state index in [1.165, 1.54) is 0 Å². The summed E-state index contributed by atoms with van der Waals surface area (Å²) in [5.74, 6) is 2.56. The first kappa shape index (κ1) is 22.4. The molecule has 0 N–H and O–H groups in total. The standard InChI is InChI=1S/C29H20N2O6/c1-33-21-5-2-18(3-6-21)27-16-24(31-20-4-8-26-28(14-20)35-17-34-26)23-15-22(7-9-25(23)37-27)36-29(32)19-10-12-30-13-11-19/h2-16H,17H2,1H3. The van der Waals surface area contributed by atoms with E-state index in [9.17, 15) is 4.79 Å². The number of carbonyl (C=O) groups excluding carboxylic acids is 1. The predicted octanol–water partition coefficient (Wildman–Crippen LogP) is 5.68. The normalized spacial score (nSPS) is 12.5. The zero-order valence-electron chi connectivity index (χ0n) is 19.7. The molecule has 0 atom stereocenters. The molecule has 1 aliphatic rings. The van der Waals surface area contributed by atoms with E-state index in [1.54, 1.807) is 49.8 Å². The Kier molecular flexibility index (Phi) is 5.74. The smallest absolute Gasteiger partial charge is 0.343 e. The highest BCUT2D eigenvalue weighted by molar-refractivity contribution is 5.91. The molecule has 0 spiro atoms. The van der Waals surface area contributed by atoms with Crippen LogP contribution in [0.25, 0.3) is 22.3 Å². The molecular weight excluding hydrogens is 472 g/mol. The lowest BCUT2D eigenvalue weighted by atomic mass is 10.1. The molecule has 1 aliphatic heterocycles. The van der Waals surface area contributed by atoms with Gasteiger partial charge < -0.3 is 23.4 Å². The van der Waals surface area contributed by atoms with Crippen molar-refractivity contribution in [1.82, 2.24) is 4.98 Å². The summed E-state index contributed by atoms with van der Waals surface area (Å²) in [6, 6.07) is 23.3. The molecule has 8 heteroatoms. The van der Waals surface area contributed by atoms with Crippen LogP contribution >= 0.6 is 0 Å². The topological polar surface area (TPSA) is 92.4 Å². The maximum absolute atomic E-state index is 12.6. The Labute approximate surface area is 211 Å². The van der Waals surface area contributed by atoms with Gasteiger partial charge in [-0.1, -0.05) is 0 Å². The number of aromatic nitrogens is 1. The largest absolute Gasteiger partial charge is 0.497 e. The fraction of sp³-hybridized carbons (Fsp3) is 0.0690. The van der Waals surface area contributed by atoms with Gasteiger partial charge in [0.2, 0.25) is 6.79 Å². The molecule has 6 rings (SSSR count). The van der Waals surface area contributed by atoms with Crippen molar-refractivity contribution in [2.45, 2.75) is 0 Å². The van der Waals surface area contributed by atoms with Crippen LogP contribution in [-0.2, 0) is 0 Å². The number of esters is 1. The van der Waals surface area contributed by atoms with Crippen LogP contribution < -0.4 is 24.3 Å². The predicted molar refractivity (Wildman–Crippen MR) is 135 cm³/mol. The third-order valence-electron chi connectivity index (χ3n) is 5.82. The van der Waals surface area contributed by atoms with Gasteiger partial charge in [0.25, 0.3) is 0 Å². The van der Waals surface area contributed by atoms with Crippen molar-refractivity contribution in [1.29, 1.82) is 0 Å². The number of benzene rings is 3. The van der Waals surface area contributed by atoms with Crippen molar-refractivity contribution >= 4 is 22.6 Å². The highest BCUT2D eigenvalue weighted by Crippen LogP contribution is 2.35. The Morgan fingerprint density at radius 1 is 0.865 bits per heavy atom. The van der Waals surface area contributed by atoms with Crippen LogP contribution in [0.1, 0.15) is 10.4 Å². The fourth-order valence-electron chi connectivity index (χ4n) is 3.95. The van der Waals surface area contributed by atoms with Crippen molar-refractivity contribution in [3.8, 4) is 34.3 Å². The molecule has 0 bridgehead atoms. The zero-order chi connectivity index (χ0) is 25.2. The molecule has 5 aromatic rings. The van der Waals surface area contributed by atoms with Crippen LogP contribution in [0.5, 0.6) is 23.0 Å². The minimum atomic E-state index is -0.484. The lowest BCUT2D eigenvalue weighted by Gasteiger charge is -2.09. The van der Waals surface area contributed by atoms with E-state index >= 15 is 0 Å². The Balaban J connectivity index is 1.47. The highest BCUT2D eigenvalue weighted by atomic mass is 16.7. The van der Waals surface area contributed by atoms with E-state index in [-0.39, 0.29) is 6.79 Å². The quantitative estimate of drug-likeness (QED) is 0.230. The van der Waals surface area contributed by atoms with E-state index in [2.05, 4.69) is 4.98 Å². The number of fused-ring (bicyclic) bond motifs is 2. The molecule has 0 amide bonds. The summed E-state index contributed by atoms with van der Waals surface area (Å²) in [6.45, 7) is 0.180.